The fourth-order valence-corrected chi connectivity index (χ4v) is 1.32. The standard InChI is InChI=1S/C10H17N/c1-2-3-4-8-11-9-10-6-5-7-10/h1,10-11H,3-9H2. The molecular weight excluding hydrogens is 134 g/mol. The highest BCUT2D eigenvalue weighted by Gasteiger charge is 2.15. The van der Waals surface area contributed by atoms with Crippen LogP contribution in [-0.4, -0.2) is 13.1 Å². The number of rotatable bonds is 5. The predicted molar refractivity (Wildman–Crippen MR) is 48.3 cm³/mol. The number of unbranched alkanes of at least 4 members (excludes halogenated alkanes) is 1. The van der Waals surface area contributed by atoms with Gasteiger partial charge in [-0.25, -0.2) is 0 Å². The molecule has 0 amide bonds. The molecule has 0 bridgehead atoms. The molecule has 1 heteroatoms. The molecule has 1 aliphatic carbocycles. The summed E-state index contributed by atoms with van der Waals surface area (Å²) in [6.45, 7) is 2.31. The maximum Gasteiger partial charge on any atom is 0.00981 e. The normalized spacial score (nSPS) is 17.4. The van der Waals surface area contributed by atoms with Crippen LogP contribution in [0.3, 0.4) is 0 Å². The zero-order chi connectivity index (χ0) is 7.94. The van der Waals surface area contributed by atoms with E-state index in [4.69, 9.17) is 6.42 Å². The van der Waals surface area contributed by atoms with E-state index in [1.165, 1.54) is 25.8 Å². The highest BCUT2D eigenvalue weighted by atomic mass is 14.9. The molecule has 0 spiro atoms. The van der Waals surface area contributed by atoms with Crippen LogP contribution in [0.5, 0.6) is 0 Å². The Labute approximate surface area is 69.6 Å². The predicted octanol–water partition coefficient (Wildman–Crippen LogP) is 1.79. The average Bonchev–Trinajstić information content (AvgIpc) is 1.93. The second-order valence-corrected chi connectivity index (χ2v) is 3.31. The van der Waals surface area contributed by atoms with Crippen molar-refractivity contribution in [2.75, 3.05) is 13.1 Å². The van der Waals surface area contributed by atoms with E-state index in [0.29, 0.717) is 0 Å². The Morgan fingerprint density at radius 1 is 1.45 bits per heavy atom. The lowest BCUT2D eigenvalue weighted by Crippen LogP contribution is -2.27. The van der Waals surface area contributed by atoms with E-state index in [-0.39, 0.29) is 0 Å². The molecular formula is C10H17N. The first-order chi connectivity index (χ1) is 5.43. The van der Waals surface area contributed by atoms with Gasteiger partial charge in [0.2, 0.25) is 0 Å². The van der Waals surface area contributed by atoms with Gasteiger partial charge in [0.25, 0.3) is 0 Å². The third-order valence-corrected chi connectivity index (χ3v) is 2.33. The molecule has 62 valence electrons. The molecule has 0 radical (unpaired) electrons. The van der Waals surface area contributed by atoms with E-state index >= 15 is 0 Å². The van der Waals surface area contributed by atoms with E-state index in [1.807, 2.05) is 0 Å². The van der Waals surface area contributed by atoms with Crippen molar-refractivity contribution in [3.05, 3.63) is 0 Å². The minimum atomic E-state index is 0.914. The first-order valence-electron chi connectivity index (χ1n) is 4.57. The lowest BCUT2D eigenvalue weighted by molar-refractivity contribution is 0.302. The maximum atomic E-state index is 5.13. The molecule has 1 N–H and O–H groups in total. The highest BCUT2D eigenvalue weighted by Crippen LogP contribution is 2.24. The van der Waals surface area contributed by atoms with Gasteiger partial charge in [-0.15, -0.1) is 12.3 Å². The van der Waals surface area contributed by atoms with Gasteiger partial charge in [0.1, 0.15) is 0 Å². The first kappa shape index (κ1) is 8.62. The quantitative estimate of drug-likeness (QED) is 0.466. The van der Waals surface area contributed by atoms with Crippen LogP contribution in [0.1, 0.15) is 32.1 Å². The van der Waals surface area contributed by atoms with Crippen molar-refractivity contribution < 1.29 is 0 Å². The average molecular weight is 151 g/mol. The Kier molecular flexibility index (Phi) is 4.08. The first-order valence-corrected chi connectivity index (χ1v) is 4.57. The van der Waals surface area contributed by atoms with E-state index in [9.17, 15) is 0 Å². The van der Waals surface area contributed by atoms with Crippen molar-refractivity contribution in [1.29, 1.82) is 0 Å². The molecule has 11 heavy (non-hydrogen) atoms. The van der Waals surface area contributed by atoms with Gasteiger partial charge in [-0.05, 0) is 38.3 Å². The zero-order valence-electron chi connectivity index (χ0n) is 7.10. The van der Waals surface area contributed by atoms with Crippen molar-refractivity contribution in [1.82, 2.24) is 5.32 Å². The van der Waals surface area contributed by atoms with Crippen molar-refractivity contribution in [2.45, 2.75) is 32.1 Å². The van der Waals surface area contributed by atoms with Crippen LogP contribution in [0, 0.1) is 18.3 Å². The zero-order valence-corrected chi connectivity index (χ0v) is 7.10. The Balaban J connectivity index is 1.77. The molecule has 0 aromatic rings. The van der Waals surface area contributed by atoms with Crippen molar-refractivity contribution in [3.8, 4) is 12.3 Å². The molecule has 1 rings (SSSR count). The van der Waals surface area contributed by atoms with Gasteiger partial charge in [-0.2, -0.15) is 0 Å². The number of hydrogen-bond donors (Lipinski definition) is 1. The largest absolute Gasteiger partial charge is 0.316 e. The van der Waals surface area contributed by atoms with Crippen molar-refractivity contribution >= 4 is 0 Å². The van der Waals surface area contributed by atoms with Gasteiger partial charge in [-0.1, -0.05) is 6.42 Å². The molecule has 0 aliphatic heterocycles. The maximum absolute atomic E-state index is 5.13. The van der Waals surface area contributed by atoms with E-state index in [2.05, 4.69) is 11.2 Å². The van der Waals surface area contributed by atoms with Crippen molar-refractivity contribution in [3.63, 3.8) is 0 Å². The van der Waals surface area contributed by atoms with Crippen LogP contribution in [0.2, 0.25) is 0 Å². The van der Waals surface area contributed by atoms with E-state index < -0.39 is 0 Å². The molecule has 0 aromatic heterocycles. The Morgan fingerprint density at radius 2 is 2.27 bits per heavy atom. The van der Waals surface area contributed by atoms with Gasteiger partial charge in [-0.3, -0.25) is 0 Å². The Morgan fingerprint density at radius 3 is 2.82 bits per heavy atom. The molecule has 0 heterocycles. The summed E-state index contributed by atoms with van der Waals surface area (Å²) in [5, 5.41) is 3.43. The number of hydrogen-bond acceptors (Lipinski definition) is 1. The van der Waals surface area contributed by atoms with Gasteiger partial charge in [0.15, 0.2) is 0 Å². The second-order valence-electron chi connectivity index (χ2n) is 3.31. The minimum Gasteiger partial charge on any atom is -0.316 e. The molecule has 1 saturated carbocycles. The topological polar surface area (TPSA) is 12.0 Å². The van der Waals surface area contributed by atoms with Gasteiger partial charge < -0.3 is 5.32 Å². The summed E-state index contributed by atoms with van der Waals surface area (Å²) in [4.78, 5) is 0. The van der Waals surface area contributed by atoms with Crippen LogP contribution < -0.4 is 5.32 Å². The summed E-state index contributed by atoms with van der Waals surface area (Å²) in [5.74, 6) is 3.62. The van der Waals surface area contributed by atoms with Crippen LogP contribution in [0.4, 0.5) is 0 Å². The molecule has 0 aromatic carbocycles. The smallest absolute Gasteiger partial charge is 0.00981 e. The summed E-state index contributed by atoms with van der Waals surface area (Å²) in [7, 11) is 0. The molecule has 0 unspecified atom stereocenters. The Bertz CT molecular complexity index is 130. The summed E-state index contributed by atoms with van der Waals surface area (Å²) >= 11 is 0. The van der Waals surface area contributed by atoms with E-state index in [1.54, 1.807) is 0 Å². The Hall–Kier alpha value is -0.480. The van der Waals surface area contributed by atoms with Gasteiger partial charge >= 0.3 is 0 Å². The van der Waals surface area contributed by atoms with Crippen LogP contribution in [-0.2, 0) is 0 Å². The van der Waals surface area contributed by atoms with Crippen LogP contribution in [0.25, 0.3) is 0 Å². The summed E-state index contributed by atoms with van der Waals surface area (Å²) < 4.78 is 0. The second kappa shape index (κ2) is 5.21. The third-order valence-electron chi connectivity index (χ3n) is 2.33. The van der Waals surface area contributed by atoms with Crippen LogP contribution >= 0.6 is 0 Å². The molecule has 1 fully saturated rings. The lowest BCUT2D eigenvalue weighted by Gasteiger charge is -2.25. The number of nitrogens with one attached hydrogen (secondary N) is 1. The lowest BCUT2D eigenvalue weighted by atomic mass is 9.85. The third kappa shape index (κ3) is 3.43. The SMILES string of the molecule is C#CCCCNCC1CCC1. The number of terminal acetylenes is 1. The van der Waals surface area contributed by atoms with E-state index in [0.717, 1.165) is 25.3 Å². The highest BCUT2D eigenvalue weighted by molar-refractivity contribution is 4.83. The monoisotopic (exact) mass is 151 g/mol. The summed E-state index contributed by atoms with van der Waals surface area (Å²) in [6, 6.07) is 0. The molecule has 0 saturated heterocycles. The van der Waals surface area contributed by atoms with Crippen molar-refractivity contribution in [2.24, 2.45) is 5.92 Å². The molecule has 0 atom stereocenters. The summed E-state index contributed by atoms with van der Waals surface area (Å²) in [6.07, 6.45) is 11.5. The van der Waals surface area contributed by atoms with Gasteiger partial charge in [0, 0.05) is 6.42 Å². The summed E-state index contributed by atoms with van der Waals surface area (Å²) in [5.41, 5.74) is 0. The molecule has 1 aliphatic rings. The fourth-order valence-electron chi connectivity index (χ4n) is 1.32. The molecule has 1 nitrogen and oxygen atoms in total. The van der Waals surface area contributed by atoms with Crippen LogP contribution in [0.15, 0.2) is 0 Å². The minimum absolute atomic E-state index is 0.914. The van der Waals surface area contributed by atoms with Gasteiger partial charge in [0.05, 0.1) is 0 Å². The fraction of sp³-hybridized carbons (Fsp3) is 0.800.